The second-order valence-corrected chi connectivity index (χ2v) is 6.58. The molecule has 20 heavy (non-hydrogen) atoms. The number of rotatable bonds is 2. The minimum Gasteiger partial charge on any atom is -0.376 e. The molecular weight excluding hydrogens is 278 g/mol. The first kappa shape index (κ1) is 13.4. The summed E-state index contributed by atoms with van der Waals surface area (Å²) in [5.41, 5.74) is 0.636. The number of anilines is 1. The van der Waals surface area contributed by atoms with Crippen molar-refractivity contribution in [1.82, 2.24) is 4.72 Å². The standard InChI is InChI=1S/C13H17N3O3S/c1-16-11-6-2-3-7-12(11)20(17,18)15-13(16)14-9-10-5-4-8-19-10/h2-3,6-7,10H,4-5,8-9H2,1H3,(H,14,15)/t10-/m1/s1. The summed E-state index contributed by atoms with van der Waals surface area (Å²) in [4.78, 5) is 6.40. The van der Waals surface area contributed by atoms with E-state index >= 15 is 0 Å². The third-order valence-corrected chi connectivity index (χ3v) is 4.90. The average Bonchev–Trinajstić information content (AvgIpc) is 2.95. The molecule has 0 amide bonds. The lowest BCUT2D eigenvalue weighted by Gasteiger charge is -2.29. The first-order valence-corrected chi connectivity index (χ1v) is 8.08. The molecule has 1 aromatic rings. The zero-order valence-corrected chi connectivity index (χ0v) is 12.1. The van der Waals surface area contributed by atoms with E-state index in [2.05, 4.69) is 9.71 Å². The quantitative estimate of drug-likeness (QED) is 0.882. The van der Waals surface area contributed by atoms with E-state index in [0.29, 0.717) is 18.2 Å². The van der Waals surface area contributed by atoms with Crippen molar-refractivity contribution in [2.75, 3.05) is 25.1 Å². The number of benzene rings is 1. The summed E-state index contributed by atoms with van der Waals surface area (Å²) in [6, 6.07) is 6.88. The highest BCUT2D eigenvalue weighted by Crippen LogP contribution is 2.27. The van der Waals surface area contributed by atoms with Gasteiger partial charge < -0.3 is 9.64 Å². The van der Waals surface area contributed by atoms with Gasteiger partial charge in [-0.05, 0) is 25.0 Å². The zero-order valence-electron chi connectivity index (χ0n) is 11.2. The maximum atomic E-state index is 12.2. The number of nitrogens with one attached hydrogen (secondary N) is 1. The fourth-order valence-corrected chi connectivity index (χ4v) is 3.72. The first-order valence-electron chi connectivity index (χ1n) is 6.59. The van der Waals surface area contributed by atoms with Crippen LogP contribution in [0.2, 0.25) is 0 Å². The molecule has 0 saturated carbocycles. The average molecular weight is 295 g/mol. The second-order valence-electron chi connectivity index (χ2n) is 4.93. The highest BCUT2D eigenvalue weighted by molar-refractivity contribution is 7.90. The van der Waals surface area contributed by atoms with Crippen molar-refractivity contribution in [1.29, 1.82) is 0 Å². The predicted octanol–water partition coefficient (Wildman–Crippen LogP) is 0.950. The molecule has 0 radical (unpaired) electrons. The molecule has 0 spiro atoms. The Morgan fingerprint density at radius 3 is 3.00 bits per heavy atom. The molecule has 6 nitrogen and oxygen atoms in total. The summed E-state index contributed by atoms with van der Waals surface area (Å²) >= 11 is 0. The number of ether oxygens (including phenoxy) is 1. The van der Waals surface area contributed by atoms with E-state index in [4.69, 9.17) is 4.74 Å². The van der Waals surface area contributed by atoms with E-state index < -0.39 is 10.0 Å². The Morgan fingerprint density at radius 2 is 2.25 bits per heavy atom. The lowest BCUT2D eigenvalue weighted by atomic mass is 10.2. The van der Waals surface area contributed by atoms with E-state index in [1.807, 2.05) is 6.07 Å². The number of para-hydroxylation sites is 1. The van der Waals surface area contributed by atoms with Crippen molar-refractivity contribution in [3.8, 4) is 0 Å². The van der Waals surface area contributed by atoms with Crippen LogP contribution in [-0.4, -0.2) is 40.7 Å². The third kappa shape index (κ3) is 2.38. The number of hydrogen-bond donors (Lipinski definition) is 1. The Balaban J connectivity index is 1.89. The molecule has 1 aromatic carbocycles. The van der Waals surface area contributed by atoms with Crippen LogP contribution >= 0.6 is 0 Å². The third-order valence-electron chi connectivity index (χ3n) is 3.53. The predicted molar refractivity (Wildman–Crippen MR) is 76.4 cm³/mol. The molecule has 1 atom stereocenters. The van der Waals surface area contributed by atoms with Crippen molar-refractivity contribution < 1.29 is 13.2 Å². The SMILES string of the molecule is CN1C(=NC[C@H]2CCCO2)NS(=O)(=O)c2ccccc21. The first-order chi connectivity index (χ1) is 9.58. The molecule has 1 N–H and O–H groups in total. The summed E-state index contributed by atoms with van der Waals surface area (Å²) in [5.74, 6) is 0.346. The summed E-state index contributed by atoms with van der Waals surface area (Å²) in [5, 5.41) is 0. The molecule has 2 aliphatic rings. The normalized spacial score (nSPS) is 26.4. The molecule has 0 unspecified atom stereocenters. The van der Waals surface area contributed by atoms with Crippen LogP contribution in [-0.2, 0) is 14.8 Å². The molecule has 0 aromatic heterocycles. The maximum absolute atomic E-state index is 12.2. The Morgan fingerprint density at radius 1 is 1.45 bits per heavy atom. The van der Waals surface area contributed by atoms with Crippen LogP contribution in [0.5, 0.6) is 0 Å². The van der Waals surface area contributed by atoms with E-state index in [9.17, 15) is 8.42 Å². The number of hydrogen-bond acceptors (Lipinski definition) is 4. The van der Waals surface area contributed by atoms with Gasteiger partial charge in [0.05, 0.1) is 18.3 Å². The number of sulfonamides is 1. The van der Waals surface area contributed by atoms with Crippen molar-refractivity contribution in [3.63, 3.8) is 0 Å². The topological polar surface area (TPSA) is 71.0 Å². The number of aliphatic imine (C=N–C) groups is 1. The van der Waals surface area contributed by atoms with Gasteiger partial charge in [-0.25, -0.2) is 18.1 Å². The molecule has 108 valence electrons. The fourth-order valence-electron chi connectivity index (χ4n) is 2.43. The molecule has 2 aliphatic heterocycles. The summed E-state index contributed by atoms with van der Waals surface area (Å²) in [6.45, 7) is 1.24. The van der Waals surface area contributed by atoms with Crippen LogP contribution in [0.15, 0.2) is 34.2 Å². The van der Waals surface area contributed by atoms with Gasteiger partial charge in [0.15, 0.2) is 0 Å². The molecule has 1 fully saturated rings. The van der Waals surface area contributed by atoms with Crippen molar-refractivity contribution >= 4 is 21.7 Å². The van der Waals surface area contributed by atoms with Crippen LogP contribution in [0.4, 0.5) is 5.69 Å². The molecule has 1 saturated heterocycles. The van der Waals surface area contributed by atoms with Crippen LogP contribution in [0.3, 0.4) is 0 Å². The van der Waals surface area contributed by atoms with Gasteiger partial charge >= 0.3 is 0 Å². The second kappa shape index (κ2) is 5.06. The van der Waals surface area contributed by atoms with Crippen LogP contribution in [0.1, 0.15) is 12.8 Å². The Hall–Kier alpha value is -1.60. The molecule has 3 rings (SSSR count). The number of fused-ring (bicyclic) bond motifs is 1. The van der Waals surface area contributed by atoms with Crippen LogP contribution in [0.25, 0.3) is 0 Å². The Labute approximate surface area is 118 Å². The van der Waals surface area contributed by atoms with E-state index in [-0.39, 0.29) is 11.0 Å². The largest absolute Gasteiger partial charge is 0.376 e. The van der Waals surface area contributed by atoms with Gasteiger partial charge in [-0.15, -0.1) is 0 Å². The summed E-state index contributed by atoms with van der Waals surface area (Å²) in [6.07, 6.45) is 2.11. The summed E-state index contributed by atoms with van der Waals surface area (Å²) < 4.78 is 32.4. The van der Waals surface area contributed by atoms with Gasteiger partial charge in [0.1, 0.15) is 4.90 Å². The molecule has 2 heterocycles. The van der Waals surface area contributed by atoms with E-state index in [1.165, 1.54) is 0 Å². The van der Waals surface area contributed by atoms with Gasteiger partial charge in [-0.1, -0.05) is 12.1 Å². The highest BCUT2D eigenvalue weighted by Gasteiger charge is 2.30. The molecule has 7 heteroatoms. The monoisotopic (exact) mass is 295 g/mol. The maximum Gasteiger partial charge on any atom is 0.266 e. The van der Waals surface area contributed by atoms with Gasteiger partial charge in [0.2, 0.25) is 5.96 Å². The van der Waals surface area contributed by atoms with Gasteiger partial charge in [0.25, 0.3) is 10.0 Å². The number of guanidine groups is 1. The van der Waals surface area contributed by atoms with Crippen LogP contribution < -0.4 is 9.62 Å². The highest BCUT2D eigenvalue weighted by atomic mass is 32.2. The molecular formula is C13H17N3O3S. The zero-order chi connectivity index (χ0) is 14.2. The van der Waals surface area contributed by atoms with E-state index in [0.717, 1.165) is 19.4 Å². The van der Waals surface area contributed by atoms with Gasteiger partial charge in [0, 0.05) is 13.7 Å². The Bertz CT molecular complexity index is 636. The molecule has 0 aliphatic carbocycles. The fraction of sp³-hybridized carbons (Fsp3) is 0.462. The van der Waals surface area contributed by atoms with E-state index in [1.54, 1.807) is 30.1 Å². The molecule has 0 bridgehead atoms. The van der Waals surface area contributed by atoms with Gasteiger partial charge in [-0.2, -0.15) is 0 Å². The van der Waals surface area contributed by atoms with Crippen LogP contribution in [0, 0.1) is 0 Å². The van der Waals surface area contributed by atoms with Crippen molar-refractivity contribution in [2.45, 2.75) is 23.8 Å². The summed E-state index contributed by atoms with van der Waals surface area (Å²) in [7, 11) is -1.73. The number of nitrogens with zero attached hydrogens (tertiary/aromatic N) is 2. The van der Waals surface area contributed by atoms with Crippen molar-refractivity contribution in [2.24, 2.45) is 4.99 Å². The lowest BCUT2D eigenvalue weighted by Crippen LogP contribution is -2.47. The minimum absolute atomic E-state index is 0.0950. The van der Waals surface area contributed by atoms with Crippen molar-refractivity contribution in [3.05, 3.63) is 24.3 Å². The smallest absolute Gasteiger partial charge is 0.266 e. The lowest BCUT2D eigenvalue weighted by molar-refractivity contribution is 0.118. The van der Waals surface area contributed by atoms with Gasteiger partial charge in [-0.3, -0.25) is 0 Å². The Kier molecular flexibility index (Phi) is 3.39. The minimum atomic E-state index is -3.53.